The second kappa shape index (κ2) is 14.0. The van der Waals surface area contributed by atoms with Crippen LogP contribution in [0.4, 0.5) is 11.4 Å². The zero-order valence-electron chi connectivity index (χ0n) is 16.9. The molecule has 2 rings (SSSR count). The smallest absolute Gasteiger partial charge is 0.333 e. The van der Waals surface area contributed by atoms with Crippen LogP contribution in [0.3, 0.4) is 0 Å². The number of carboxylic acids is 1. The molecule has 0 amide bonds. The summed E-state index contributed by atoms with van der Waals surface area (Å²) < 4.78 is 10.2. The van der Waals surface area contributed by atoms with Crippen LogP contribution >= 0.6 is 0 Å². The maximum atomic E-state index is 10.8. The minimum absolute atomic E-state index is 0. The zero-order valence-corrected chi connectivity index (χ0v) is 16.9. The number of benzene rings is 2. The first kappa shape index (κ1) is 27.0. The molecule has 0 radical (unpaired) electrons. The summed E-state index contributed by atoms with van der Waals surface area (Å²) >= 11 is 0. The Morgan fingerprint density at radius 2 is 1.47 bits per heavy atom. The monoisotopic (exact) mass is 418 g/mol. The van der Waals surface area contributed by atoms with Gasteiger partial charge in [0.05, 0.1) is 0 Å². The van der Waals surface area contributed by atoms with E-state index in [0.29, 0.717) is 30.8 Å². The molecule has 2 unspecified atom stereocenters. The summed E-state index contributed by atoms with van der Waals surface area (Å²) in [5.74, 6) is -0.908. The van der Waals surface area contributed by atoms with E-state index in [0.717, 1.165) is 11.1 Å². The molecule has 0 spiro atoms. The summed E-state index contributed by atoms with van der Waals surface area (Å²) in [4.78, 5) is 10.8. The molecule has 6 N–H and O–H groups in total. The number of carboxylic acid groups (broad SMARTS) is 1. The van der Waals surface area contributed by atoms with Gasteiger partial charge in [0.2, 0.25) is 0 Å². The molecule has 2 aromatic carbocycles. The molecule has 0 aromatic heterocycles. The van der Waals surface area contributed by atoms with Crippen molar-refractivity contribution >= 4 is 17.3 Å². The Labute approximate surface area is 178 Å². The largest absolute Gasteiger partial charge is 0.510 e. The number of aliphatic hydroxyl groups excluding tert-OH is 1. The van der Waals surface area contributed by atoms with Gasteiger partial charge < -0.3 is 31.2 Å². The van der Waals surface area contributed by atoms with E-state index in [-0.39, 0.29) is 19.3 Å². The zero-order chi connectivity index (χ0) is 21.8. The third-order valence-corrected chi connectivity index (χ3v) is 4.04. The molecule has 0 saturated heterocycles. The van der Waals surface area contributed by atoms with Gasteiger partial charge in [0.15, 0.2) is 6.10 Å². The van der Waals surface area contributed by atoms with Crippen LogP contribution in [0.5, 0.6) is 0 Å². The van der Waals surface area contributed by atoms with Gasteiger partial charge >= 0.3 is 5.97 Å². The Hall–Kier alpha value is -3.03. The summed E-state index contributed by atoms with van der Waals surface area (Å²) in [5.41, 5.74) is 14.5. The van der Waals surface area contributed by atoms with Crippen molar-refractivity contribution in [1.29, 1.82) is 0 Å². The van der Waals surface area contributed by atoms with E-state index in [1.165, 1.54) is 0 Å². The van der Waals surface area contributed by atoms with Gasteiger partial charge in [0.25, 0.3) is 0 Å². The third-order valence-electron chi connectivity index (χ3n) is 4.04. The van der Waals surface area contributed by atoms with Gasteiger partial charge in [-0.05, 0) is 42.3 Å². The van der Waals surface area contributed by atoms with Gasteiger partial charge in [-0.25, -0.2) is 4.79 Å². The molecule has 30 heavy (non-hydrogen) atoms. The highest BCUT2D eigenvalue weighted by atomic mass is 16.5. The Morgan fingerprint density at radius 1 is 1.00 bits per heavy atom. The van der Waals surface area contributed by atoms with Crippen molar-refractivity contribution < 1.29 is 24.5 Å². The number of carbonyl (C=O) groups is 1. The molecule has 2 atom stereocenters. The third kappa shape index (κ3) is 9.95. The lowest BCUT2D eigenvalue weighted by molar-refractivity contribution is -0.149. The number of hydrogen-bond donors (Lipinski definition) is 4. The quantitative estimate of drug-likeness (QED) is 0.360. The second-order valence-corrected chi connectivity index (χ2v) is 6.40. The Bertz CT molecular complexity index is 795. The molecular formula is C23H34N2O5. The average molecular weight is 419 g/mol. The number of hydrogen-bond acceptors (Lipinski definition) is 6. The van der Waals surface area contributed by atoms with E-state index in [4.69, 9.17) is 26.0 Å². The first-order valence-corrected chi connectivity index (χ1v) is 9.20. The van der Waals surface area contributed by atoms with Crippen LogP contribution in [-0.2, 0) is 27.1 Å². The maximum absolute atomic E-state index is 10.8. The van der Waals surface area contributed by atoms with E-state index < -0.39 is 12.1 Å². The summed E-state index contributed by atoms with van der Waals surface area (Å²) in [7, 11) is 1.54. The van der Waals surface area contributed by atoms with Gasteiger partial charge in [-0.3, -0.25) is 0 Å². The van der Waals surface area contributed by atoms with Crippen molar-refractivity contribution in [2.24, 2.45) is 0 Å². The minimum Gasteiger partial charge on any atom is -0.510 e. The molecule has 0 heterocycles. The molecule has 0 aliphatic heterocycles. The van der Waals surface area contributed by atoms with E-state index >= 15 is 0 Å². The van der Waals surface area contributed by atoms with Gasteiger partial charge in [-0.15, -0.1) is 0 Å². The van der Waals surface area contributed by atoms with Gasteiger partial charge in [0, 0.05) is 37.9 Å². The summed E-state index contributed by atoms with van der Waals surface area (Å²) in [5, 5.41) is 18.1. The highest BCUT2D eigenvalue weighted by Crippen LogP contribution is 2.13. The van der Waals surface area contributed by atoms with Crippen molar-refractivity contribution in [2.45, 2.75) is 39.4 Å². The lowest BCUT2D eigenvalue weighted by Gasteiger charge is -2.13. The first-order chi connectivity index (χ1) is 13.8. The number of anilines is 2. The number of rotatable bonds is 9. The van der Waals surface area contributed by atoms with Crippen molar-refractivity contribution in [2.75, 3.05) is 25.2 Å². The van der Waals surface area contributed by atoms with E-state index in [1.807, 2.05) is 30.3 Å². The van der Waals surface area contributed by atoms with Crippen molar-refractivity contribution in [3.63, 3.8) is 0 Å². The van der Waals surface area contributed by atoms with Crippen molar-refractivity contribution in [1.82, 2.24) is 0 Å². The van der Waals surface area contributed by atoms with Gasteiger partial charge in [0.1, 0.15) is 11.9 Å². The number of aliphatic carboxylic acids is 1. The topological polar surface area (TPSA) is 128 Å². The fourth-order valence-corrected chi connectivity index (χ4v) is 2.62. The van der Waals surface area contributed by atoms with Crippen LogP contribution in [0.2, 0.25) is 0 Å². The highest BCUT2D eigenvalue weighted by Gasteiger charge is 2.17. The van der Waals surface area contributed by atoms with Crippen LogP contribution in [0, 0.1) is 0 Å². The fourth-order valence-electron chi connectivity index (χ4n) is 2.62. The molecule has 0 saturated carbocycles. The van der Waals surface area contributed by atoms with Crippen molar-refractivity contribution in [3.05, 3.63) is 72.0 Å². The molecule has 7 nitrogen and oxygen atoms in total. The lowest BCUT2D eigenvalue weighted by atomic mass is 10.1. The molecule has 0 bridgehead atoms. The Morgan fingerprint density at radius 3 is 1.80 bits per heavy atom. The first-order valence-electron chi connectivity index (χ1n) is 9.20. The van der Waals surface area contributed by atoms with E-state index in [2.05, 4.69) is 6.58 Å². The van der Waals surface area contributed by atoms with Crippen LogP contribution in [0.15, 0.2) is 60.9 Å². The molecule has 0 aliphatic rings. The SMILES string of the molecule is C.C=C(O)C(Cc1cccc(N)c1)OC.CCOC(Cc1cccc(N)c1)C(=O)O. The van der Waals surface area contributed by atoms with Crippen LogP contribution in [-0.4, -0.2) is 42.1 Å². The highest BCUT2D eigenvalue weighted by molar-refractivity contribution is 5.72. The Kier molecular flexibility index (Phi) is 12.6. The average Bonchev–Trinajstić information content (AvgIpc) is 2.66. The molecule has 166 valence electrons. The standard InChI is InChI=1S/C11H15NO3.C11H15NO2.CH4/c1-2-15-10(11(13)14)7-8-4-3-5-9(12)6-8;1-8(13)11(14-2)7-9-4-3-5-10(12)6-9;/h3-6,10H,2,7,12H2,1H3,(H,13,14);3-6,11,13H,1,7,12H2,2H3;1H4. The Balaban J connectivity index is 0.000000544. The number of nitrogens with two attached hydrogens (primary N) is 2. The lowest BCUT2D eigenvalue weighted by Crippen LogP contribution is -2.26. The summed E-state index contributed by atoms with van der Waals surface area (Å²) in [6.07, 6.45) is -0.237. The van der Waals surface area contributed by atoms with Crippen LogP contribution < -0.4 is 11.5 Å². The number of nitrogen functional groups attached to an aromatic ring is 2. The molecule has 7 heteroatoms. The van der Waals surface area contributed by atoms with Crippen LogP contribution in [0.1, 0.15) is 25.5 Å². The van der Waals surface area contributed by atoms with Gasteiger partial charge in [-0.1, -0.05) is 38.3 Å². The predicted octanol–water partition coefficient (Wildman–Crippen LogP) is 3.84. The fraction of sp³-hybridized carbons (Fsp3) is 0.348. The molecule has 0 fully saturated rings. The summed E-state index contributed by atoms with van der Waals surface area (Å²) in [6.45, 7) is 5.61. The van der Waals surface area contributed by atoms with Crippen LogP contribution in [0.25, 0.3) is 0 Å². The number of ether oxygens (including phenoxy) is 2. The number of methoxy groups -OCH3 is 1. The summed E-state index contributed by atoms with van der Waals surface area (Å²) in [6, 6.07) is 14.6. The van der Waals surface area contributed by atoms with Gasteiger partial charge in [-0.2, -0.15) is 0 Å². The van der Waals surface area contributed by atoms with E-state index in [9.17, 15) is 9.90 Å². The molecule has 0 aliphatic carbocycles. The molecular weight excluding hydrogens is 384 g/mol. The maximum Gasteiger partial charge on any atom is 0.333 e. The second-order valence-electron chi connectivity index (χ2n) is 6.40. The predicted molar refractivity (Wildman–Crippen MR) is 121 cm³/mol. The normalized spacial score (nSPS) is 11.9. The van der Waals surface area contributed by atoms with Crippen molar-refractivity contribution in [3.8, 4) is 0 Å². The number of aliphatic hydroxyl groups is 1. The molecule has 2 aromatic rings. The van der Waals surface area contributed by atoms with E-state index in [1.54, 1.807) is 32.2 Å². The minimum atomic E-state index is -0.945.